The van der Waals surface area contributed by atoms with E-state index in [4.69, 9.17) is 0 Å². The van der Waals surface area contributed by atoms with E-state index in [0.29, 0.717) is 12.5 Å². The zero-order chi connectivity index (χ0) is 18.5. The van der Waals surface area contributed by atoms with Crippen LogP contribution in [0.5, 0.6) is 0 Å². The zero-order valence-electron chi connectivity index (χ0n) is 15.1. The first-order chi connectivity index (χ1) is 13.3. The molecular formula is C23H23N3O. The molecule has 1 aliphatic rings. The summed E-state index contributed by atoms with van der Waals surface area (Å²) in [5.41, 5.74) is 4.42. The van der Waals surface area contributed by atoms with Gasteiger partial charge in [-0.2, -0.15) is 0 Å². The summed E-state index contributed by atoms with van der Waals surface area (Å²) in [7, 11) is 0. The maximum atomic E-state index is 12.6. The Labute approximate surface area is 159 Å². The lowest BCUT2D eigenvalue weighted by molar-refractivity contribution is 0.238. The molecule has 136 valence electrons. The summed E-state index contributed by atoms with van der Waals surface area (Å²) in [5, 5.41) is 6.06. The summed E-state index contributed by atoms with van der Waals surface area (Å²) in [4.78, 5) is 16.9. The molecule has 27 heavy (non-hydrogen) atoms. The fraction of sp³-hybridized carbons (Fsp3) is 0.217. The van der Waals surface area contributed by atoms with Crippen molar-refractivity contribution in [1.82, 2.24) is 15.6 Å². The van der Waals surface area contributed by atoms with E-state index < -0.39 is 0 Å². The van der Waals surface area contributed by atoms with Gasteiger partial charge in [-0.25, -0.2) is 4.79 Å². The van der Waals surface area contributed by atoms with E-state index in [2.05, 4.69) is 21.7 Å². The Bertz CT molecular complexity index is 852. The average molecular weight is 357 g/mol. The number of aromatic nitrogens is 1. The lowest BCUT2D eigenvalue weighted by Crippen LogP contribution is -2.38. The van der Waals surface area contributed by atoms with E-state index in [9.17, 15) is 4.79 Å². The van der Waals surface area contributed by atoms with Gasteiger partial charge >= 0.3 is 6.03 Å². The number of amides is 2. The van der Waals surface area contributed by atoms with Crippen molar-refractivity contribution in [2.45, 2.75) is 31.3 Å². The highest BCUT2D eigenvalue weighted by atomic mass is 16.2. The molecule has 2 aromatic carbocycles. The van der Waals surface area contributed by atoms with Gasteiger partial charge in [0.1, 0.15) is 0 Å². The van der Waals surface area contributed by atoms with Crippen molar-refractivity contribution < 1.29 is 4.79 Å². The van der Waals surface area contributed by atoms with Crippen LogP contribution in [0.4, 0.5) is 4.79 Å². The van der Waals surface area contributed by atoms with Crippen molar-refractivity contribution in [3.8, 4) is 0 Å². The second kappa shape index (κ2) is 8.04. The van der Waals surface area contributed by atoms with Crippen molar-refractivity contribution in [1.29, 1.82) is 0 Å². The van der Waals surface area contributed by atoms with Crippen molar-refractivity contribution in [2.75, 3.05) is 0 Å². The highest BCUT2D eigenvalue weighted by Crippen LogP contribution is 2.39. The molecule has 1 aromatic heterocycles. The summed E-state index contributed by atoms with van der Waals surface area (Å²) in [5.74, 6) is 0.659. The standard InChI is InChI=1S/C23H23N3O/c27-23(25-15-17-13-21(16-24-14-17)18-11-12-18)26-22(19-7-3-1-4-8-19)20-9-5-2-6-10-20/h1-10,13-14,16,18,22H,11-12,15H2,(H2,25,26,27). The van der Waals surface area contributed by atoms with Crippen LogP contribution in [0.3, 0.4) is 0 Å². The highest BCUT2D eigenvalue weighted by Gasteiger charge is 2.24. The van der Waals surface area contributed by atoms with Crippen molar-refractivity contribution >= 4 is 6.03 Å². The van der Waals surface area contributed by atoms with E-state index in [-0.39, 0.29) is 12.1 Å². The van der Waals surface area contributed by atoms with Crippen LogP contribution in [0.2, 0.25) is 0 Å². The number of pyridine rings is 1. The van der Waals surface area contributed by atoms with Gasteiger partial charge in [0.2, 0.25) is 0 Å². The van der Waals surface area contributed by atoms with E-state index in [1.165, 1.54) is 18.4 Å². The fourth-order valence-electron chi connectivity index (χ4n) is 3.26. The predicted molar refractivity (Wildman–Crippen MR) is 106 cm³/mol. The Kier molecular flexibility index (Phi) is 5.15. The number of carbonyl (C=O) groups is 1. The van der Waals surface area contributed by atoms with Crippen LogP contribution in [0.15, 0.2) is 79.1 Å². The molecule has 4 nitrogen and oxygen atoms in total. The third kappa shape index (κ3) is 4.53. The fourth-order valence-corrected chi connectivity index (χ4v) is 3.26. The van der Waals surface area contributed by atoms with Crippen LogP contribution >= 0.6 is 0 Å². The van der Waals surface area contributed by atoms with E-state index in [1.54, 1.807) is 0 Å². The van der Waals surface area contributed by atoms with Gasteiger partial charge in [-0.15, -0.1) is 0 Å². The Balaban J connectivity index is 1.43. The van der Waals surface area contributed by atoms with Crippen LogP contribution in [0, 0.1) is 0 Å². The number of nitrogens with zero attached hydrogens (tertiary/aromatic N) is 1. The van der Waals surface area contributed by atoms with Gasteiger partial charge < -0.3 is 10.6 Å². The summed E-state index contributed by atoms with van der Waals surface area (Å²) in [6.45, 7) is 0.468. The van der Waals surface area contributed by atoms with Crippen molar-refractivity contribution in [3.63, 3.8) is 0 Å². The Morgan fingerprint density at radius 3 is 2.19 bits per heavy atom. The van der Waals surface area contributed by atoms with Gasteiger partial charge in [-0.05, 0) is 41.0 Å². The number of benzene rings is 2. The molecule has 1 heterocycles. The van der Waals surface area contributed by atoms with Crippen molar-refractivity contribution in [3.05, 3.63) is 101 Å². The maximum Gasteiger partial charge on any atom is 0.315 e. The molecule has 4 heteroatoms. The van der Waals surface area contributed by atoms with Gasteiger partial charge in [0, 0.05) is 18.9 Å². The molecule has 0 spiro atoms. The number of hydrogen-bond acceptors (Lipinski definition) is 2. The minimum absolute atomic E-state index is 0.190. The van der Waals surface area contributed by atoms with Crippen LogP contribution in [-0.4, -0.2) is 11.0 Å². The molecule has 0 bridgehead atoms. The first-order valence-corrected chi connectivity index (χ1v) is 9.37. The second-order valence-electron chi connectivity index (χ2n) is 6.98. The number of nitrogens with one attached hydrogen (secondary N) is 2. The molecule has 0 atom stereocenters. The molecule has 1 aliphatic carbocycles. The monoisotopic (exact) mass is 357 g/mol. The van der Waals surface area contributed by atoms with Crippen LogP contribution < -0.4 is 10.6 Å². The molecule has 2 amide bonds. The summed E-state index contributed by atoms with van der Waals surface area (Å²) >= 11 is 0. The maximum absolute atomic E-state index is 12.6. The molecule has 0 unspecified atom stereocenters. The lowest BCUT2D eigenvalue weighted by atomic mass is 9.99. The normalized spacial score (nSPS) is 13.4. The molecule has 2 N–H and O–H groups in total. The summed E-state index contributed by atoms with van der Waals surface area (Å²) in [6.07, 6.45) is 6.24. The quantitative estimate of drug-likeness (QED) is 0.680. The van der Waals surface area contributed by atoms with Gasteiger partial charge in [0.05, 0.1) is 6.04 Å². The smallest absolute Gasteiger partial charge is 0.315 e. The number of carbonyl (C=O) groups excluding carboxylic acids is 1. The van der Waals surface area contributed by atoms with Crippen LogP contribution in [-0.2, 0) is 6.54 Å². The molecule has 0 aliphatic heterocycles. The molecule has 4 rings (SSSR count). The number of rotatable bonds is 6. The Morgan fingerprint density at radius 2 is 1.59 bits per heavy atom. The van der Waals surface area contributed by atoms with Gasteiger partial charge in [0.15, 0.2) is 0 Å². The topological polar surface area (TPSA) is 54.0 Å². The number of hydrogen-bond donors (Lipinski definition) is 2. The predicted octanol–water partition coefficient (Wildman–Crippen LogP) is 4.55. The number of urea groups is 1. The van der Waals surface area contributed by atoms with Crippen LogP contribution in [0.1, 0.15) is 47.1 Å². The molecule has 0 saturated heterocycles. The minimum atomic E-state index is -0.191. The molecule has 3 aromatic rings. The first kappa shape index (κ1) is 17.3. The molecule has 0 radical (unpaired) electrons. The second-order valence-corrected chi connectivity index (χ2v) is 6.98. The van der Waals surface area contributed by atoms with E-state index in [1.807, 2.05) is 73.1 Å². The average Bonchev–Trinajstić information content (AvgIpc) is 3.57. The Morgan fingerprint density at radius 1 is 0.963 bits per heavy atom. The summed E-state index contributed by atoms with van der Waals surface area (Å²) in [6, 6.07) is 21.8. The Hall–Kier alpha value is -3.14. The largest absolute Gasteiger partial charge is 0.334 e. The van der Waals surface area contributed by atoms with Crippen LogP contribution in [0.25, 0.3) is 0 Å². The zero-order valence-corrected chi connectivity index (χ0v) is 15.1. The van der Waals surface area contributed by atoms with Gasteiger partial charge in [-0.1, -0.05) is 66.7 Å². The third-order valence-corrected chi connectivity index (χ3v) is 4.86. The first-order valence-electron chi connectivity index (χ1n) is 9.37. The van der Waals surface area contributed by atoms with E-state index >= 15 is 0 Å². The summed E-state index contributed by atoms with van der Waals surface area (Å²) < 4.78 is 0. The lowest BCUT2D eigenvalue weighted by Gasteiger charge is -2.20. The van der Waals surface area contributed by atoms with Gasteiger partial charge in [0.25, 0.3) is 0 Å². The highest BCUT2D eigenvalue weighted by molar-refractivity contribution is 5.75. The SMILES string of the molecule is O=C(NCc1cncc(C2CC2)c1)NC(c1ccccc1)c1ccccc1. The molecule has 1 saturated carbocycles. The molecular weight excluding hydrogens is 334 g/mol. The third-order valence-electron chi connectivity index (χ3n) is 4.86. The minimum Gasteiger partial charge on any atom is -0.334 e. The van der Waals surface area contributed by atoms with Gasteiger partial charge in [-0.3, -0.25) is 4.98 Å². The van der Waals surface area contributed by atoms with Crippen molar-refractivity contribution in [2.24, 2.45) is 0 Å². The molecule has 1 fully saturated rings. The van der Waals surface area contributed by atoms with E-state index in [0.717, 1.165) is 16.7 Å².